The van der Waals surface area contributed by atoms with Crippen molar-refractivity contribution in [3.63, 3.8) is 0 Å². The third kappa shape index (κ3) is 2.52. The largest absolute Gasteiger partial charge is 0.493 e. The number of rotatable bonds is 4. The summed E-state index contributed by atoms with van der Waals surface area (Å²) in [7, 11) is 0. The predicted octanol–water partition coefficient (Wildman–Crippen LogP) is 4.10. The molecule has 7 heteroatoms. The van der Waals surface area contributed by atoms with E-state index in [4.69, 9.17) is 4.74 Å². The van der Waals surface area contributed by atoms with Gasteiger partial charge in [-0.2, -0.15) is 0 Å². The molecule has 4 heterocycles. The molecule has 7 nitrogen and oxygen atoms in total. The summed E-state index contributed by atoms with van der Waals surface area (Å²) in [5.41, 5.74) is 0.463. The highest BCUT2D eigenvalue weighted by Crippen LogP contribution is 2.67. The van der Waals surface area contributed by atoms with E-state index in [1.54, 1.807) is 12.1 Å². The third-order valence-electron chi connectivity index (χ3n) is 8.74. The van der Waals surface area contributed by atoms with E-state index in [2.05, 4.69) is 15.5 Å². The second-order valence-corrected chi connectivity index (χ2v) is 10.2. The molecule has 2 N–H and O–H groups in total. The lowest BCUT2D eigenvalue weighted by Crippen LogP contribution is -2.62. The van der Waals surface area contributed by atoms with Gasteiger partial charge in [-0.1, -0.05) is 48.5 Å². The number of anilines is 2. The molecule has 0 saturated carbocycles. The molecule has 0 radical (unpaired) electrons. The number of nitrogens with zero attached hydrogens (tertiary/aromatic N) is 1. The van der Waals surface area contributed by atoms with Crippen molar-refractivity contribution in [2.75, 3.05) is 23.8 Å². The Kier molecular flexibility index (Phi) is 4.67. The van der Waals surface area contributed by atoms with Crippen LogP contribution in [0.25, 0.3) is 0 Å². The molecular formula is C30H27N3O4. The zero-order valence-corrected chi connectivity index (χ0v) is 20.5. The van der Waals surface area contributed by atoms with Gasteiger partial charge in [-0.25, -0.2) is 0 Å². The first kappa shape index (κ1) is 22.2. The number of para-hydroxylation sites is 3. The predicted molar refractivity (Wildman–Crippen MR) is 139 cm³/mol. The molecule has 0 aliphatic carbocycles. The summed E-state index contributed by atoms with van der Waals surface area (Å²) in [6.45, 7) is 2.92. The van der Waals surface area contributed by atoms with E-state index < -0.39 is 16.9 Å². The Hall–Kier alpha value is -3.97. The van der Waals surface area contributed by atoms with Crippen molar-refractivity contribution in [2.24, 2.45) is 5.92 Å². The van der Waals surface area contributed by atoms with Gasteiger partial charge in [0.1, 0.15) is 16.7 Å². The molecule has 2 spiro atoms. The SMILES string of the molecule is CCOc1ccccc1C(=O)[C@@H]1[C@@H]2CCCN2[C@]2(C(=O)Nc3ccccc32)[C@]12C(=O)Nc1ccccc12. The minimum atomic E-state index is -1.44. The Morgan fingerprint density at radius 1 is 0.919 bits per heavy atom. The molecule has 186 valence electrons. The Morgan fingerprint density at radius 3 is 2.35 bits per heavy atom. The molecule has 4 atom stereocenters. The van der Waals surface area contributed by atoms with E-state index in [9.17, 15) is 14.4 Å². The van der Waals surface area contributed by atoms with Crippen molar-refractivity contribution in [3.05, 3.63) is 89.5 Å². The van der Waals surface area contributed by atoms with Gasteiger partial charge in [-0.15, -0.1) is 0 Å². The average molecular weight is 494 g/mol. The molecule has 0 aromatic heterocycles. The van der Waals surface area contributed by atoms with Crippen LogP contribution < -0.4 is 15.4 Å². The molecule has 7 rings (SSSR count). The fourth-order valence-electron chi connectivity index (χ4n) is 7.65. The molecule has 2 fully saturated rings. The number of hydrogen-bond donors (Lipinski definition) is 2. The standard InChI is InChI=1S/C30H27N3O4/c1-2-37-24-16-8-3-10-18(24)26(34)25-23-15-9-17-33(23)30(20-12-5-7-14-22(20)32-28(30)36)29(25)19-11-4-6-13-21(19)31-27(29)35/h3-8,10-14,16,23,25H,2,9,15,17H2,1H3,(H,31,35)(H,32,36)/t23-,25-,29-,30+/m0/s1. The molecule has 3 aromatic carbocycles. The van der Waals surface area contributed by atoms with Crippen molar-refractivity contribution in [3.8, 4) is 5.75 Å². The van der Waals surface area contributed by atoms with E-state index in [0.29, 0.717) is 41.4 Å². The normalized spacial score (nSPS) is 29.2. The van der Waals surface area contributed by atoms with Crippen molar-refractivity contribution < 1.29 is 19.1 Å². The van der Waals surface area contributed by atoms with Gasteiger partial charge >= 0.3 is 0 Å². The maximum Gasteiger partial charge on any atom is 0.251 e. The topological polar surface area (TPSA) is 87.7 Å². The highest BCUT2D eigenvalue weighted by molar-refractivity contribution is 6.21. The summed E-state index contributed by atoms with van der Waals surface area (Å²) in [5, 5.41) is 6.15. The minimum Gasteiger partial charge on any atom is -0.493 e. The number of benzene rings is 3. The molecule has 2 amide bonds. The lowest BCUT2D eigenvalue weighted by atomic mass is 9.57. The fraction of sp³-hybridized carbons (Fsp3) is 0.300. The Balaban J connectivity index is 1.57. The minimum absolute atomic E-state index is 0.165. The fourth-order valence-corrected chi connectivity index (χ4v) is 7.65. The van der Waals surface area contributed by atoms with Gasteiger partial charge in [0.25, 0.3) is 5.91 Å². The van der Waals surface area contributed by atoms with Crippen LogP contribution in [0.5, 0.6) is 5.75 Å². The molecule has 37 heavy (non-hydrogen) atoms. The number of amides is 2. The highest BCUT2D eigenvalue weighted by Gasteiger charge is 2.81. The van der Waals surface area contributed by atoms with Gasteiger partial charge in [-0.05, 0) is 56.1 Å². The van der Waals surface area contributed by atoms with Crippen molar-refractivity contribution >= 4 is 29.0 Å². The van der Waals surface area contributed by atoms with Crippen LogP contribution in [0.15, 0.2) is 72.8 Å². The second-order valence-electron chi connectivity index (χ2n) is 10.2. The first-order valence-electron chi connectivity index (χ1n) is 12.9. The van der Waals surface area contributed by atoms with E-state index in [0.717, 1.165) is 18.4 Å². The monoisotopic (exact) mass is 493 g/mol. The number of nitrogens with one attached hydrogen (secondary N) is 2. The maximum atomic E-state index is 14.7. The molecule has 4 aliphatic rings. The number of carbonyl (C=O) groups excluding carboxylic acids is 3. The molecule has 0 bridgehead atoms. The van der Waals surface area contributed by atoms with Gasteiger partial charge in [0, 0.05) is 23.0 Å². The number of hydrogen-bond acceptors (Lipinski definition) is 5. The van der Waals surface area contributed by atoms with Crippen molar-refractivity contribution in [2.45, 2.75) is 36.8 Å². The lowest BCUT2D eigenvalue weighted by molar-refractivity contribution is -0.137. The number of Topliss-reactive ketones (excluding diaryl/α,β-unsaturated/α-hetero) is 1. The number of ketones is 1. The average Bonchev–Trinajstić information content (AvgIpc) is 3.63. The van der Waals surface area contributed by atoms with Crippen molar-refractivity contribution in [1.29, 1.82) is 0 Å². The number of fused-ring (bicyclic) bond motifs is 7. The number of ether oxygens (including phenoxy) is 1. The smallest absolute Gasteiger partial charge is 0.251 e. The summed E-state index contributed by atoms with van der Waals surface area (Å²) in [4.78, 5) is 45.7. The van der Waals surface area contributed by atoms with Gasteiger partial charge in [0.05, 0.1) is 18.1 Å². The Labute approximate surface area is 214 Å². The van der Waals surface area contributed by atoms with Crippen molar-refractivity contribution in [1.82, 2.24) is 4.90 Å². The van der Waals surface area contributed by atoms with Crippen LogP contribution in [0.3, 0.4) is 0 Å². The van der Waals surface area contributed by atoms with E-state index in [1.807, 2.05) is 67.6 Å². The summed E-state index contributed by atoms with van der Waals surface area (Å²) >= 11 is 0. The number of carbonyl (C=O) groups is 3. The van der Waals surface area contributed by atoms with Crippen LogP contribution in [0.4, 0.5) is 11.4 Å². The van der Waals surface area contributed by atoms with E-state index >= 15 is 0 Å². The molecule has 4 aliphatic heterocycles. The van der Waals surface area contributed by atoms with Crippen LogP contribution in [-0.2, 0) is 20.5 Å². The van der Waals surface area contributed by atoms with E-state index in [-0.39, 0.29) is 23.6 Å². The highest BCUT2D eigenvalue weighted by atomic mass is 16.5. The molecule has 2 saturated heterocycles. The third-order valence-corrected chi connectivity index (χ3v) is 8.74. The van der Waals surface area contributed by atoms with Crippen LogP contribution in [0.1, 0.15) is 41.3 Å². The van der Waals surface area contributed by atoms with E-state index in [1.165, 1.54) is 0 Å². The first-order chi connectivity index (χ1) is 18.1. The Morgan fingerprint density at radius 2 is 1.57 bits per heavy atom. The quantitative estimate of drug-likeness (QED) is 0.535. The molecular weight excluding hydrogens is 466 g/mol. The van der Waals surface area contributed by atoms with Gasteiger partial charge in [0.15, 0.2) is 5.78 Å². The second kappa shape index (κ2) is 7.76. The summed E-state index contributed by atoms with van der Waals surface area (Å²) in [5.74, 6) is -0.999. The molecule has 3 aromatic rings. The zero-order valence-electron chi connectivity index (χ0n) is 20.5. The van der Waals surface area contributed by atoms with Gasteiger partial charge in [-0.3, -0.25) is 19.3 Å². The molecule has 0 unspecified atom stereocenters. The van der Waals surface area contributed by atoms with Crippen LogP contribution in [0, 0.1) is 5.92 Å². The first-order valence-corrected chi connectivity index (χ1v) is 12.9. The maximum absolute atomic E-state index is 14.7. The van der Waals surface area contributed by atoms with Crippen LogP contribution in [-0.4, -0.2) is 41.7 Å². The van der Waals surface area contributed by atoms with Gasteiger partial charge in [0.2, 0.25) is 5.91 Å². The summed E-state index contributed by atoms with van der Waals surface area (Å²) < 4.78 is 5.86. The van der Waals surface area contributed by atoms with Crippen LogP contribution >= 0.6 is 0 Å². The summed E-state index contributed by atoms with van der Waals surface area (Å²) in [6.07, 6.45) is 1.57. The van der Waals surface area contributed by atoms with Crippen LogP contribution in [0.2, 0.25) is 0 Å². The summed E-state index contributed by atoms with van der Waals surface area (Å²) in [6, 6.07) is 22.0. The lowest BCUT2D eigenvalue weighted by Gasteiger charge is -2.43. The van der Waals surface area contributed by atoms with Gasteiger partial charge < -0.3 is 15.4 Å². The zero-order chi connectivity index (χ0) is 25.4. The Bertz CT molecular complexity index is 1480.